The zero-order chi connectivity index (χ0) is 24.1. The van der Waals surface area contributed by atoms with Crippen molar-refractivity contribution in [2.45, 2.75) is 13.0 Å². The van der Waals surface area contributed by atoms with Gasteiger partial charge >= 0.3 is 5.97 Å². The quantitative estimate of drug-likeness (QED) is 0.346. The number of allylic oxidation sites excluding steroid dienone is 1. The molecule has 0 amide bonds. The van der Waals surface area contributed by atoms with Gasteiger partial charge in [0.2, 0.25) is 11.9 Å². The predicted molar refractivity (Wildman–Crippen MR) is 125 cm³/mol. The lowest BCUT2D eigenvalue weighted by Crippen LogP contribution is -2.21. The van der Waals surface area contributed by atoms with Crippen molar-refractivity contribution in [3.63, 3.8) is 0 Å². The topological polar surface area (TPSA) is 80.3 Å². The van der Waals surface area contributed by atoms with E-state index in [0.717, 1.165) is 0 Å². The summed E-state index contributed by atoms with van der Waals surface area (Å²) in [7, 11) is 3.11. The molecule has 1 aliphatic heterocycles. The molecule has 0 fully saturated rings. The second kappa shape index (κ2) is 10.1. The third kappa shape index (κ3) is 4.73. The van der Waals surface area contributed by atoms with Crippen LogP contribution in [0.3, 0.4) is 0 Å². The van der Waals surface area contributed by atoms with Crippen LogP contribution in [0.25, 0.3) is 6.08 Å². The number of rotatable bonds is 8. The Bertz CT molecular complexity index is 1230. The van der Waals surface area contributed by atoms with Crippen LogP contribution >= 0.6 is 0 Å². The number of fused-ring (bicyclic) bond motifs is 1. The molecular weight excluding hydrogens is 436 g/mol. The van der Waals surface area contributed by atoms with Crippen molar-refractivity contribution in [1.82, 2.24) is 0 Å². The van der Waals surface area contributed by atoms with E-state index >= 15 is 0 Å². The lowest BCUT2D eigenvalue weighted by atomic mass is 10.1. The van der Waals surface area contributed by atoms with Crippen molar-refractivity contribution in [3.05, 3.63) is 89.2 Å². The molecule has 0 bridgehead atoms. The first-order valence-corrected chi connectivity index (χ1v) is 10.7. The van der Waals surface area contributed by atoms with E-state index in [9.17, 15) is 9.59 Å². The van der Waals surface area contributed by atoms with Gasteiger partial charge in [0.15, 0.2) is 5.76 Å². The maximum atomic E-state index is 12.9. The van der Waals surface area contributed by atoms with E-state index in [1.54, 1.807) is 75.8 Å². The molecule has 1 heterocycles. The highest BCUT2D eigenvalue weighted by Gasteiger charge is 2.30. The fourth-order valence-electron chi connectivity index (χ4n) is 3.55. The molecule has 0 saturated carbocycles. The first-order valence-electron chi connectivity index (χ1n) is 10.7. The molecule has 174 valence electrons. The zero-order valence-corrected chi connectivity index (χ0v) is 19.1. The number of hydrogen-bond acceptors (Lipinski definition) is 7. The maximum Gasteiger partial charge on any atom is 0.352 e. The molecule has 0 aromatic heterocycles. The Balaban J connectivity index is 1.60. The molecule has 0 radical (unpaired) electrons. The number of Topliss-reactive ketones (excluding diaryl/α,β-unsaturated/α-hetero) is 1. The fraction of sp³-hybridized carbons (Fsp3) is 0.185. The van der Waals surface area contributed by atoms with Gasteiger partial charge in [0.25, 0.3) is 0 Å². The Hall–Kier alpha value is -4.26. The molecule has 1 atom stereocenters. The van der Waals surface area contributed by atoms with Gasteiger partial charge in [-0.05, 0) is 37.3 Å². The maximum absolute atomic E-state index is 12.9. The Morgan fingerprint density at radius 2 is 1.74 bits per heavy atom. The van der Waals surface area contributed by atoms with Crippen LogP contribution in [-0.2, 0) is 9.53 Å². The summed E-state index contributed by atoms with van der Waals surface area (Å²) in [6.45, 7) is 1.97. The summed E-state index contributed by atoms with van der Waals surface area (Å²) in [5, 5.41) is 0. The molecule has 7 heteroatoms. The molecule has 7 nitrogen and oxygen atoms in total. The molecule has 4 rings (SSSR count). The van der Waals surface area contributed by atoms with Crippen molar-refractivity contribution in [3.8, 4) is 23.0 Å². The van der Waals surface area contributed by atoms with E-state index < -0.39 is 12.1 Å². The second-order valence-corrected chi connectivity index (χ2v) is 7.37. The summed E-state index contributed by atoms with van der Waals surface area (Å²) in [5.41, 5.74) is 1.73. The van der Waals surface area contributed by atoms with Gasteiger partial charge < -0.3 is 23.7 Å². The molecule has 3 aromatic carbocycles. The number of ketones is 1. The average molecular weight is 460 g/mol. The van der Waals surface area contributed by atoms with Crippen molar-refractivity contribution in [2.24, 2.45) is 0 Å². The molecule has 1 aliphatic rings. The van der Waals surface area contributed by atoms with E-state index in [2.05, 4.69) is 0 Å². The SMILES string of the molecule is CCOC(=O)C(Oc1ccc2c(c1)OC(=Cc1ccc(OC)cc1OC)C2=O)c1ccccc1. The standard InChI is InChI=1S/C27H24O7/c1-4-32-27(29)26(17-8-6-5-7-9-17)33-20-12-13-21-23(16-20)34-24(25(21)28)14-18-10-11-19(30-2)15-22(18)31-3/h5-16,26H,4H2,1-3H3. The van der Waals surface area contributed by atoms with Gasteiger partial charge in [0.1, 0.15) is 23.0 Å². The van der Waals surface area contributed by atoms with Crippen LogP contribution < -0.4 is 18.9 Å². The number of methoxy groups -OCH3 is 2. The lowest BCUT2D eigenvalue weighted by Gasteiger charge is -2.18. The monoisotopic (exact) mass is 460 g/mol. The smallest absolute Gasteiger partial charge is 0.352 e. The van der Waals surface area contributed by atoms with E-state index in [1.807, 2.05) is 18.2 Å². The number of benzene rings is 3. The number of carbonyl (C=O) groups is 2. The average Bonchev–Trinajstić information content (AvgIpc) is 3.17. The van der Waals surface area contributed by atoms with Gasteiger partial charge in [-0.25, -0.2) is 4.79 Å². The minimum atomic E-state index is -0.949. The highest BCUT2D eigenvalue weighted by molar-refractivity contribution is 6.14. The molecule has 0 N–H and O–H groups in total. The molecule has 0 spiro atoms. The second-order valence-electron chi connectivity index (χ2n) is 7.37. The summed E-state index contributed by atoms with van der Waals surface area (Å²) >= 11 is 0. The molecule has 0 aliphatic carbocycles. The normalized spacial score (nSPS) is 14.2. The minimum Gasteiger partial charge on any atom is -0.497 e. The van der Waals surface area contributed by atoms with Crippen molar-refractivity contribution < 1.29 is 33.3 Å². The number of esters is 1. The van der Waals surface area contributed by atoms with Crippen molar-refractivity contribution in [2.75, 3.05) is 20.8 Å². The van der Waals surface area contributed by atoms with E-state index in [4.69, 9.17) is 23.7 Å². The third-order valence-electron chi connectivity index (χ3n) is 5.23. The van der Waals surface area contributed by atoms with E-state index in [-0.39, 0.29) is 18.1 Å². The van der Waals surface area contributed by atoms with Crippen LogP contribution in [0.15, 0.2) is 72.5 Å². The van der Waals surface area contributed by atoms with Crippen LogP contribution in [0, 0.1) is 0 Å². The summed E-state index contributed by atoms with van der Waals surface area (Å²) in [4.78, 5) is 25.4. The van der Waals surface area contributed by atoms with Crippen LogP contribution in [-0.4, -0.2) is 32.6 Å². The number of ether oxygens (including phenoxy) is 5. The Labute approximate surface area is 197 Å². The van der Waals surface area contributed by atoms with Crippen molar-refractivity contribution in [1.29, 1.82) is 0 Å². The molecule has 1 unspecified atom stereocenters. The highest BCUT2D eigenvalue weighted by Crippen LogP contribution is 2.37. The van der Waals surface area contributed by atoms with Crippen LogP contribution in [0.2, 0.25) is 0 Å². The Morgan fingerprint density at radius 1 is 0.971 bits per heavy atom. The van der Waals surface area contributed by atoms with Crippen LogP contribution in [0.4, 0.5) is 0 Å². The highest BCUT2D eigenvalue weighted by atomic mass is 16.6. The Morgan fingerprint density at radius 3 is 2.44 bits per heavy atom. The Kier molecular flexibility index (Phi) is 6.82. The largest absolute Gasteiger partial charge is 0.497 e. The summed E-state index contributed by atoms with van der Waals surface area (Å²) in [6, 6.07) is 19.2. The first kappa shape index (κ1) is 22.9. The first-order chi connectivity index (χ1) is 16.5. The van der Waals surface area contributed by atoms with Crippen LogP contribution in [0.5, 0.6) is 23.0 Å². The molecule has 34 heavy (non-hydrogen) atoms. The summed E-state index contributed by atoms with van der Waals surface area (Å²) in [6.07, 6.45) is 0.668. The van der Waals surface area contributed by atoms with Gasteiger partial charge in [-0.15, -0.1) is 0 Å². The molecular formula is C27H24O7. The summed E-state index contributed by atoms with van der Waals surface area (Å²) in [5.74, 6) is 1.29. The molecule has 3 aromatic rings. The van der Waals surface area contributed by atoms with Crippen molar-refractivity contribution >= 4 is 17.8 Å². The zero-order valence-electron chi connectivity index (χ0n) is 19.1. The van der Waals surface area contributed by atoms with E-state index in [1.165, 1.54) is 0 Å². The van der Waals surface area contributed by atoms with Gasteiger partial charge in [0.05, 0.1) is 26.4 Å². The number of carbonyl (C=O) groups excluding carboxylic acids is 2. The third-order valence-corrected chi connectivity index (χ3v) is 5.23. The van der Waals surface area contributed by atoms with Gasteiger partial charge in [-0.3, -0.25) is 4.79 Å². The predicted octanol–water partition coefficient (Wildman–Crippen LogP) is 5.00. The number of hydrogen-bond donors (Lipinski definition) is 0. The van der Waals surface area contributed by atoms with E-state index in [0.29, 0.717) is 39.7 Å². The fourth-order valence-corrected chi connectivity index (χ4v) is 3.55. The lowest BCUT2D eigenvalue weighted by molar-refractivity contribution is -0.151. The van der Waals surface area contributed by atoms with Gasteiger partial charge in [-0.1, -0.05) is 30.3 Å². The van der Waals surface area contributed by atoms with Gasteiger partial charge in [-0.2, -0.15) is 0 Å². The summed E-state index contributed by atoms with van der Waals surface area (Å²) < 4.78 is 27.6. The molecule has 0 saturated heterocycles. The van der Waals surface area contributed by atoms with Gasteiger partial charge in [0, 0.05) is 23.3 Å². The van der Waals surface area contributed by atoms with Crippen LogP contribution in [0.1, 0.15) is 34.5 Å². The minimum absolute atomic E-state index is 0.153.